The zero-order valence-corrected chi connectivity index (χ0v) is 10.9. The highest BCUT2D eigenvalue weighted by Gasteiger charge is 2.23. The first kappa shape index (κ1) is 13.8. The quantitative estimate of drug-likeness (QED) is 0.750. The molecule has 2 unspecified atom stereocenters. The average Bonchev–Trinajstić information content (AvgIpc) is 2.42. The van der Waals surface area contributed by atoms with Gasteiger partial charge in [-0.1, -0.05) is 12.8 Å². The summed E-state index contributed by atoms with van der Waals surface area (Å²) >= 11 is 0. The van der Waals surface area contributed by atoms with Crippen LogP contribution in [-0.4, -0.2) is 60.9 Å². The Hall–Kier alpha value is -0.650. The van der Waals surface area contributed by atoms with Crippen molar-refractivity contribution in [3.05, 3.63) is 0 Å². The first-order valence-electron chi connectivity index (χ1n) is 7.04. The van der Waals surface area contributed by atoms with Crippen LogP contribution in [0.15, 0.2) is 0 Å². The van der Waals surface area contributed by atoms with Gasteiger partial charge in [0.1, 0.15) is 0 Å². The van der Waals surface area contributed by atoms with Crippen LogP contribution in [0.25, 0.3) is 0 Å². The van der Waals surface area contributed by atoms with Crippen LogP contribution in [0.2, 0.25) is 0 Å². The minimum absolute atomic E-state index is 0.177. The van der Waals surface area contributed by atoms with E-state index in [1.54, 1.807) is 0 Å². The molecule has 104 valence electrons. The standard InChI is InChI=1S/C13H24N2O3/c16-12-4-2-1-3-11(12)14-6-5-13(17)15-7-9-18-10-8-15/h11-12,14,16H,1-10H2. The van der Waals surface area contributed by atoms with Crippen LogP contribution >= 0.6 is 0 Å². The molecule has 2 atom stereocenters. The molecule has 1 aliphatic carbocycles. The number of rotatable bonds is 4. The third-order valence-electron chi connectivity index (χ3n) is 3.84. The SMILES string of the molecule is O=C(CCNC1CCCCC1O)N1CCOCC1. The molecule has 5 heteroatoms. The van der Waals surface area contributed by atoms with E-state index in [-0.39, 0.29) is 18.1 Å². The van der Waals surface area contributed by atoms with Crippen molar-refractivity contribution in [2.75, 3.05) is 32.8 Å². The third-order valence-corrected chi connectivity index (χ3v) is 3.84. The average molecular weight is 256 g/mol. The number of nitrogens with one attached hydrogen (secondary N) is 1. The fourth-order valence-electron chi connectivity index (χ4n) is 2.68. The Morgan fingerprint density at radius 1 is 1.28 bits per heavy atom. The summed E-state index contributed by atoms with van der Waals surface area (Å²) in [4.78, 5) is 13.8. The zero-order chi connectivity index (χ0) is 12.8. The van der Waals surface area contributed by atoms with Gasteiger partial charge in [0.05, 0.1) is 19.3 Å². The molecule has 2 rings (SSSR count). The summed E-state index contributed by atoms with van der Waals surface area (Å²) in [5.41, 5.74) is 0. The lowest BCUT2D eigenvalue weighted by atomic mass is 9.92. The summed E-state index contributed by atoms with van der Waals surface area (Å²) in [6, 6.07) is 0.177. The fourth-order valence-corrected chi connectivity index (χ4v) is 2.68. The van der Waals surface area contributed by atoms with E-state index in [1.165, 1.54) is 6.42 Å². The monoisotopic (exact) mass is 256 g/mol. The van der Waals surface area contributed by atoms with Crippen LogP contribution in [0.4, 0.5) is 0 Å². The molecule has 1 saturated heterocycles. The number of hydrogen-bond donors (Lipinski definition) is 2. The van der Waals surface area contributed by atoms with Crippen molar-refractivity contribution in [2.24, 2.45) is 0 Å². The molecule has 2 fully saturated rings. The largest absolute Gasteiger partial charge is 0.392 e. The predicted octanol–water partition coefficient (Wildman–Crippen LogP) is 0.128. The molecule has 5 nitrogen and oxygen atoms in total. The molecule has 2 aliphatic rings. The van der Waals surface area contributed by atoms with E-state index >= 15 is 0 Å². The second-order valence-corrected chi connectivity index (χ2v) is 5.16. The minimum Gasteiger partial charge on any atom is -0.392 e. The second kappa shape index (κ2) is 7.07. The number of nitrogens with zero attached hydrogens (tertiary/aromatic N) is 1. The van der Waals surface area contributed by atoms with Gasteiger partial charge >= 0.3 is 0 Å². The maximum Gasteiger partial charge on any atom is 0.224 e. The molecule has 0 radical (unpaired) electrons. The normalized spacial score (nSPS) is 29.3. The Bertz CT molecular complexity index is 267. The molecule has 1 amide bonds. The smallest absolute Gasteiger partial charge is 0.224 e. The predicted molar refractivity (Wildman–Crippen MR) is 68.3 cm³/mol. The van der Waals surface area contributed by atoms with Gasteiger partial charge < -0.3 is 20.1 Å². The van der Waals surface area contributed by atoms with Gasteiger partial charge in [0.25, 0.3) is 0 Å². The van der Waals surface area contributed by atoms with E-state index in [1.807, 2.05) is 4.90 Å². The number of carbonyl (C=O) groups excluding carboxylic acids is 1. The van der Waals surface area contributed by atoms with Crippen molar-refractivity contribution >= 4 is 5.91 Å². The van der Waals surface area contributed by atoms with Crippen LogP contribution in [-0.2, 0) is 9.53 Å². The highest BCUT2D eigenvalue weighted by Crippen LogP contribution is 2.18. The fraction of sp³-hybridized carbons (Fsp3) is 0.923. The third kappa shape index (κ3) is 3.93. The maximum absolute atomic E-state index is 11.9. The van der Waals surface area contributed by atoms with E-state index < -0.39 is 0 Å². The summed E-state index contributed by atoms with van der Waals surface area (Å²) in [5.74, 6) is 0.191. The van der Waals surface area contributed by atoms with Crippen molar-refractivity contribution in [1.29, 1.82) is 0 Å². The van der Waals surface area contributed by atoms with Gasteiger partial charge in [0, 0.05) is 32.1 Å². The van der Waals surface area contributed by atoms with E-state index in [4.69, 9.17) is 4.74 Å². The molecular formula is C13H24N2O3. The highest BCUT2D eigenvalue weighted by atomic mass is 16.5. The van der Waals surface area contributed by atoms with Crippen LogP contribution in [0.1, 0.15) is 32.1 Å². The molecule has 0 aromatic carbocycles. The van der Waals surface area contributed by atoms with Gasteiger partial charge in [-0.25, -0.2) is 0 Å². The maximum atomic E-state index is 11.9. The number of carbonyl (C=O) groups is 1. The van der Waals surface area contributed by atoms with Gasteiger partial charge in [0.15, 0.2) is 0 Å². The Morgan fingerprint density at radius 2 is 2.00 bits per heavy atom. The number of amides is 1. The lowest BCUT2D eigenvalue weighted by molar-refractivity contribution is -0.135. The van der Waals surface area contributed by atoms with Gasteiger partial charge in [-0.2, -0.15) is 0 Å². The summed E-state index contributed by atoms with van der Waals surface area (Å²) in [7, 11) is 0. The molecule has 1 aliphatic heterocycles. The molecule has 0 bridgehead atoms. The molecule has 2 N–H and O–H groups in total. The summed E-state index contributed by atoms with van der Waals surface area (Å²) in [6.07, 6.45) is 4.47. The molecule has 18 heavy (non-hydrogen) atoms. The lowest BCUT2D eigenvalue weighted by Gasteiger charge is -2.29. The molecule has 1 heterocycles. The zero-order valence-electron chi connectivity index (χ0n) is 10.9. The topological polar surface area (TPSA) is 61.8 Å². The van der Waals surface area contributed by atoms with Crippen LogP contribution in [0, 0.1) is 0 Å². The van der Waals surface area contributed by atoms with Crippen LogP contribution < -0.4 is 5.32 Å². The Kier molecular flexibility index (Phi) is 5.41. The van der Waals surface area contributed by atoms with E-state index in [2.05, 4.69) is 5.32 Å². The molecule has 0 aromatic rings. The number of aliphatic hydroxyl groups excluding tert-OH is 1. The molecular weight excluding hydrogens is 232 g/mol. The van der Waals surface area contributed by atoms with Crippen molar-refractivity contribution in [3.8, 4) is 0 Å². The van der Waals surface area contributed by atoms with Crippen LogP contribution in [0.3, 0.4) is 0 Å². The summed E-state index contributed by atoms with van der Waals surface area (Å²) < 4.78 is 5.22. The second-order valence-electron chi connectivity index (χ2n) is 5.16. The van der Waals surface area contributed by atoms with Crippen molar-refractivity contribution < 1.29 is 14.6 Å². The van der Waals surface area contributed by atoms with Gasteiger partial charge in [-0.15, -0.1) is 0 Å². The molecule has 1 saturated carbocycles. The Morgan fingerprint density at radius 3 is 2.72 bits per heavy atom. The molecule has 0 aromatic heterocycles. The highest BCUT2D eigenvalue weighted by molar-refractivity contribution is 5.76. The minimum atomic E-state index is -0.239. The van der Waals surface area contributed by atoms with Crippen molar-refractivity contribution in [3.63, 3.8) is 0 Å². The number of aliphatic hydroxyl groups is 1. The van der Waals surface area contributed by atoms with Gasteiger partial charge in [-0.3, -0.25) is 4.79 Å². The number of morpholine rings is 1. The Labute approximate surface area is 108 Å². The first-order chi connectivity index (χ1) is 8.77. The summed E-state index contributed by atoms with van der Waals surface area (Å²) in [5, 5.41) is 13.1. The van der Waals surface area contributed by atoms with Gasteiger partial charge in [0.2, 0.25) is 5.91 Å². The molecule has 0 spiro atoms. The van der Waals surface area contributed by atoms with E-state index in [0.29, 0.717) is 39.3 Å². The van der Waals surface area contributed by atoms with Gasteiger partial charge in [-0.05, 0) is 12.8 Å². The van der Waals surface area contributed by atoms with Crippen LogP contribution in [0.5, 0.6) is 0 Å². The number of hydrogen-bond acceptors (Lipinski definition) is 4. The Balaban J connectivity index is 1.63. The summed E-state index contributed by atoms with van der Waals surface area (Å²) in [6.45, 7) is 3.40. The van der Waals surface area contributed by atoms with Crippen molar-refractivity contribution in [2.45, 2.75) is 44.2 Å². The van der Waals surface area contributed by atoms with E-state index in [0.717, 1.165) is 19.3 Å². The van der Waals surface area contributed by atoms with Crippen molar-refractivity contribution in [1.82, 2.24) is 10.2 Å². The van der Waals surface area contributed by atoms with E-state index in [9.17, 15) is 9.90 Å². The first-order valence-corrected chi connectivity index (χ1v) is 7.04. The number of ether oxygens (including phenoxy) is 1. The lowest BCUT2D eigenvalue weighted by Crippen LogP contribution is -2.45.